The first kappa shape index (κ1) is 23.2. The highest BCUT2D eigenvalue weighted by molar-refractivity contribution is 5.96. The number of aryl methyl sites for hydroxylation is 1. The largest absolute Gasteiger partial charge is 0.493 e. The van der Waals surface area contributed by atoms with Crippen LogP contribution in [0, 0.1) is 0 Å². The van der Waals surface area contributed by atoms with Gasteiger partial charge in [0.2, 0.25) is 5.75 Å². The van der Waals surface area contributed by atoms with Gasteiger partial charge >= 0.3 is 0 Å². The van der Waals surface area contributed by atoms with Gasteiger partial charge in [-0.15, -0.1) is 0 Å². The smallest absolute Gasteiger partial charge is 0.252 e. The first-order valence-corrected chi connectivity index (χ1v) is 11.2. The highest BCUT2D eigenvalue weighted by Crippen LogP contribution is 2.39. The monoisotopic (exact) mass is 459 g/mol. The summed E-state index contributed by atoms with van der Waals surface area (Å²) < 4.78 is 19.2. The van der Waals surface area contributed by atoms with Crippen LogP contribution >= 0.6 is 0 Å². The van der Waals surface area contributed by atoms with Gasteiger partial charge in [-0.1, -0.05) is 42.5 Å². The maximum atomic E-state index is 13.2. The number of nitrogens with one attached hydrogen (secondary N) is 1. The summed E-state index contributed by atoms with van der Waals surface area (Å²) in [5.74, 6) is 1.85. The molecule has 34 heavy (non-hydrogen) atoms. The van der Waals surface area contributed by atoms with Crippen LogP contribution in [0.3, 0.4) is 0 Å². The molecule has 1 aromatic heterocycles. The predicted octanol–water partition coefficient (Wildman–Crippen LogP) is 5.14. The number of amides is 1. The summed E-state index contributed by atoms with van der Waals surface area (Å²) >= 11 is 0. The highest BCUT2D eigenvalue weighted by Gasteiger charge is 2.22. The van der Waals surface area contributed by atoms with Gasteiger partial charge in [0.05, 0.1) is 31.3 Å². The zero-order valence-corrected chi connectivity index (χ0v) is 19.9. The molecule has 4 rings (SSSR count). The number of carbonyl (C=O) groups is 1. The standard InChI is InChI=1S/C27H29N3O4/c1-5-30-22-14-10-9-13-21(22)29-26(30)18(2)28-27(31)20-15-23(32-3)25(24(16-20)33-4)34-17-19-11-7-6-8-12-19/h6-16,18H,5,17H2,1-4H3,(H,28,31). The Hall–Kier alpha value is -4.00. The Bertz CT molecular complexity index is 1260. The minimum absolute atomic E-state index is 0.256. The first-order chi connectivity index (χ1) is 16.5. The minimum Gasteiger partial charge on any atom is -0.493 e. The number of aromatic nitrogens is 2. The maximum Gasteiger partial charge on any atom is 0.252 e. The summed E-state index contributed by atoms with van der Waals surface area (Å²) in [7, 11) is 3.08. The third-order valence-electron chi connectivity index (χ3n) is 5.68. The van der Waals surface area contributed by atoms with Crippen molar-refractivity contribution in [2.24, 2.45) is 0 Å². The van der Waals surface area contributed by atoms with Crippen molar-refractivity contribution < 1.29 is 19.0 Å². The number of benzene rings is 3. The normalized spacial score (nSPS) is 11.8. The van der Waals surface area contributed by atoms with Gasteiger partial charge in [0.1, 0.15) is 12.4 Å². The molecule has 1 N–H and O–H groups in total. The van der Waals surface area contributed by atoms with Crippen LogP contribution < -0.4 is 19.5 Å². The lowest BCUT2D eigenvalue weighted by Gasteiger charge is -2.18. The van der Waals surface area contributed by atoms with E-state index in [0.29, 0.717) is 29.4 Å². The molecular formula is C27H29N3O4. The Balaban J connectivity index is 1.57. The van der Waals surface area contributed by atoms with E-state index in [1.165, 1.54) is 14.2 Å². The van der Waals surface area contributed by atoms with Gasteiger partial charge in [-0.2, -0.15) is 0 Å². The van der Waals surface area contributed by atoms with Gasteiger partial charge in [0.15, 0.2) is 11.5 Å². The summed E-state index contributed by atoms with van der Waals surface area (Å²) in [6.07, 6.45) is 0. The number of ether oxygens (including phenoxy) is 3. The van der Waals surface area contributed by atoms with Gasteiger partial charge in [-0.3, -0.25) is 4.79 Å². The lowest BCUT2D eigenvalue weighted by molar-refractivity contribution is 0.0936. The van der Waals surface area contributed by atoms with Crippen molar-refractivity contribution >= 4 is 16.9 Å². The van der Waals surface area contributed by atoms with Crippen LogP contribution in [0.1, 0.15) is 41.6 Å². The molecule has 4 aromatic rings. The number of nitrogens with zero attached hydrogens (tertiary/aromatic N) is 2. The van der Waals surface area contributed by atoms with Gasteiger partial charge in [0, 0.05) is 12.1 Å². The van der Waals surface area contributed by atoms with Gasteiger partial charge in [0.25, 0.3) is 5.91 Å². The summed E-state index contributed by atoms with van der Waals surface area (Å²) in [6, 6.07) is 20.8. The van der Waals surface area contributed by atoms with E-state index in [0.717, 1.165) is 29.0 Å². The SMILES string of the molecule is CCn1c(C(C)NC(=O)c2cc(OC)c(OCc3ccccc3)c(OC)c2)nc2ccccc21. The molecule has 0 aliphatic heterocycles. The average Bonchev–Trinajstić information content (AvgIpc) is 3.26. The molecular weight excluding hydrogens is 430 g/mol. The Morgan fingerprint density at radius 2 is 1.65 bits per heavy atom. The molecule has 1 unspecified atom stereocenters. The third-order valence-corrected chi connectivity index (χ3v) is 5.68. The second kappa shape index (κ2) is 10.3. The number of imidazole rings is 1. The number of rotatable bonds is 9. The zero-order valence-electron chi connectivity index (χ0n) is 19.9. The second-order valence-corrected chi connectivity index (χ2v) is 7.88. The van der Waals surface area contributed by atoms with Gasteiger partial charge in [-0.05, 0) is 43.7 Å². The van der Waals surface area contributed by atoms with E-state index in [4.69, 9.17) is 19.2 Å². The molecule has 176 valence electrons. The van der Waals surface area contributed by atoms with Crippen molar-refractivity contribution in [3.05, 3.63) is 83.7 Å². The van der Waals surface area contributed by atoms with Crippen molar-refractivity contribution in [1.29, 1.82) is 0 Å². The molecule has 0 bridgehead atoms. The van der Waals surface area contributed by atoms with E-state index in [2.05, 4.69) is 16.8 Å². The number of para-hydroxylation sites is 2. The zero-order chi connectivity index (χ0) is 24.1. The fourth-order valence-electron chi connectivity index (χ4n) is 3.98. The van der Waals surface area contributed by atoms with E-state index < -0.39 is 0 Å². The molecule has 0 saturated heterocycles. The van der Waals surface area contributed by atoms with Crippen molar-refractivity contribution in [3.8, 4) is 17.2 Å². The van der Waals surface area contributed by atoms with Crippen molar-refractivity contribution in [3.63, 3.8) is 0 Å². The molecule has 0 saturated carbocycles. The van der Waals surface area contributed by atoms with E-state index >= 15 is 0 Å². The fourth-order valence-corrected chi connectivity index (χ4v) is 3.98. The first-order valence-electron chi connectivity index (χ1n) is 11.2. The number of hydrogen-bond donors (Lipinski definition) is 1. The highest BCUT2D eigenvalue weighted by atomic mass is 16.5. The van der Waals surface area contributed by atoms with Crippen molar-refractivity contribution in [2.45, 2.75) is 33.0 Å². The molecule has 0 aliphatic carbocycles. The summed E-state index contributed by atoms with van der Waals surface area (Å²) in [5.41, 5.74) is 3.38. The van der Waals surface area contributed by atoms with Crippen LogP contribution in [-0.2, 0) is 13.2 Å². The van der Waals surface area contributed by atoms with Crippen molar-refractivity contribution in [2.75, 3.05) is 14.2 Å². The number of carbonyl (C=O) groups excluding carboxylic acids is 1. The molecule has 1 amide bonds. The Kier molecular flexibility index (Phi) is 7.01. The molecule has 0 fully saturated rings. The topological polar surface area (TPSA) is 74.6 Å². The Labute approximate surface area is 199 Å². The van der Waals surface area contributed by atoms with Crippen LogP contribution in [0.5, 0.6) is 17.2 Å². The van der Waals surface area contributed by atoms with E-state index in [9.17, 15) is 4.79 Å². The second-order valence-electron chi connectivity index (χ2n) is 7.88. The Morgan fingerprint density at radius 3 is 2.29 bits per heavy atom. The fraction of sp³-hybridized carbons (Fsp3) is 0.259. The van der Waals surface area contributed by atoms with Crippen LogP contribution in [0.2, 0.25) is 0 Å². The number of fused-ring (bicyclic) bond motifs is 1. The molecule has 1 atom stereocenters. The predicted molar refractivity (Wildman–Crippen MR) is 132 cm³/mol. The minimum atomic E-state index is -0.300. The molecule has 0 spiro atoms. The van der Waals surface area contributed by atoms with Gasteiger partial charge in [-0.25, -0.2) is 4.98 Å². The molecule has 1 heterocycles. The lowest BCUT2D eigenvalue weighted by atomic mass is 10.1. The molecule has 7 nitrogen and oxygen atoms in total. The van der Waals surface area contributed by atoms with Crippen LogP contribution in [-0.4, -0.2) is 29.7 Å². The van der Waals surface area contributed by atoms with E-state index in [-0.39, 0.29) is 11.9 Å². The Morgan fingerprint density at radius 1 is 1.00 bits per heavy atom. The summed E-state index contributed by atoms with van der Waals surface area (Å²) in [4.78, 5) is 17.9. The van der Waals surface area contributed by atoms with Crippen LogP contribution in [0.4, 0.5) is 0 Å². The molecule has 0 aliphatic rings. The van der Waals surface area contributed by atoms with Gasteiger partial charge < -0.3 is 24.1 Å². The van der Waals surface area contributed by atoms with Crippen molar-refractivity contribution in [1.82, 2.24) is 14.9 Å². The molecule has 0 radical (unpaired) electrons. The summed E-state index contributed by atoms with van der Waals surface area (Å²) in [5, 5.41) is 3.05. The molecule has 7 heteroatoms. The summed E-state index contributed by atoms with van der Waals surface area (Å²) in [6.45, 7) is 5.10. The molecule has 3 aromatic carbocycles. The van der Waals surface area contributed by atoms with Crippen LogP contribution in [0.15, 0.2) is 66.7 Å². The number of hydrogen-bond acceptors (Lipinski definition) is 5. The van der Waals surface area contributed by atoms with E-state index in [1.807, 2.05) is 61.5 Å². The third kappa shape index (κ3) is 4.69. The van der Waals surface area contributed by atoms with E-state index in [1.54, 1.807) is 12.1 Å². The quantitative estimate of drug-likeness (QED) is 0.375. The number of methoxy groups -OCH3 is 2. The maximum absolute atomic E-state index is 13.2. The average molecular weight is 460 g/mol. The van der Waals surface area contributed by atoms with Crippen LogP contribution in [0.25, 0.3) is 11.0 Å². The lowest BCUT2D eigenvalue weighted by Crippen LogP contribution is -2.28.